The van der Waals surface area contributed by atoms with E-state index < -0.39 is 12.1 Å². The normalized spacial score (nSPS) is 27.6. The zero-order chi connectivity index (χ0) is 22.9. The van der Waals surface area contributed by atoms with Crippen molar-refractivity contribution in [1.29, 1.82) is 0 Å². The molecule has 0 radical (unpaired) electrons. The number of hydrogen-bond acceptors (Lipinski definition) is 5. The molecule has 3 fully saturated rings. The highest BCUT2D eigenvalue weighted by atomic mass is 16.6. The van der Waals surface area contributed by atoms with Crippen LogP contribution >= 0.6 is 0 Å². The summed E-state index contributed by atoms with van der Waals surface area (Å²) >= 11 is 0. The van der Waals surface area contributed by atoms with Gasteiger partial charge in [-0.3, -0.25) is 15.0 Å². The maximum absolute atomic E-state index is 12.9. The van der Waals surface area contributed by atoms with E-state index in [9.17, 15) is 9.59 Å². The number of carboxylic acids is 1. The fraction of sp³-hybridized carbons (Fsp3) is 0.462. The highest BCUT2D eigenvalue weighted by molar-refractivity contribution is 5.91. The molecule has 2 bridgehead atoms. The molecular weight excluding hydrogens is 420 g/mol. The van der Waals surface area contributed by atoms with Crippen molar-refractivity contribution in [2.24, 2.45) is 0 Å². The van der Waals surface area contributed by atoms with Gasteiger partial charge in [0, 0.05) is 36.9 Å². The lowest BCUT2D eigenvalue weighted by atomic mass is 9.99. The molecule has 7 heteroatoms. The van der Waals surface area contributed by atoms with Crippen LogP contribution in [0.25, 0.3) is 11.1 Å². The molecule has 0 aromatic heterocycles. The number of unbranched alkanes of at least 4 members (excludes halogenated alkanes) is 1. The topological polar surface area (TPSA) is 91.4 Å². The number of carbonyl (C=O) groups is 2. The van der Waals surface area contributed by atoms with Crippen LogP contribution in [0.1, 0.15) is 37.7 Å². The van der Waals surface area contributed by atoms with Gasteiger partial charge in [-0.25, -0.2) is 4.79 Å². The summed E-state index contributed by atoms with van der Waals surface area (Å²) in [6.07, 6.45) is 4.02. The molecule has 2 aromatic rings. The second-order valence-corrected chi connectivity index (χ2v) is 9.34. The lowest BCUT2D eigenvalue weighted by Gasteiger charge is -2.37. The van der Waals surface area contributed by atoms with Gasteiger partial charge >= 0.3 is 12.1 Å². The van der Waals surface area contributed by atoms with E-state index in [0.717, 1.165) is 42.4 Å². The maximum Gasteiger partial charge on any atom is 0.411 e. The molecule has 33 heavy (non-hydrogen) atoms. The average Bonchev–Trinajstić information content (AvgIpc) is 3.56. The van der Waals surface area contributed by atoms with E-state index in [2.05, 4.69) is 17.3 Å². The molecular formula is C26H30N2O5. The molecule has 3 saturated heterocycles. The van der Waals surface area contributed by atoms with Crippen molar-refractivity contribution < 1.29 is 24.2 Å². The van der Waals surface area contributed by atoms with Gasteiger partial charge in [0.2, 0.25) is 0 Å². The molecule has 3 heterocycles. The number of aliphatic carboxylic acids is 1. The molecule has 174 valence electrons. The average molecular weight is 451 g/mol. The van der Waals surface area contributed by atoms with Crippen LogP contribution in [0.3, 0.4) is 0 Å². The predicted octanol–water partition coefficient (Wildman–Crippen LogP) is 4.31. The van der Waals surface area contributed by atoms with Crippen LogP contribution in [-0.4, -0.2) is 59.5 Å². The van der Waals surface area contributed by atoms with Crippen molar-refractivity contribution >= 4 is 17.7 Å². The van der Waals surface area contributed by atoms with E-state index in [4.69, 9.17) is 14.6 Å². The minimum absolute atomic E-state index is 0.105. The van der Waals surface area contributed by atoms with Crippen LogP contribution in [0.15, 0.2) is 48.5 Å². The third-order valence-corrected chi connectivity index (χ3v) is 7.16. The highest BCUT2D eigenvalue weighted by Crippen LogP contribution is 2.48. The number of carboxylic acid groups (broad SMARTS) is 1. The molecule has 0 aliphatic carbocycles. The van der Waals surface area contributed by atoms with Gasteiger partial charge in [0.25, 0.3) is 0 Å². The third-order valence-electron chi connectivity index (χ3n) is 7.16. The number of rotatable bonds is 8. The van der Waals surface area contributed by atoms with Crippen LogP contribution in [-0.2, 0) is 20.7 Å². The summed E-state index contributed by atoms with van der Waals surface area (Å²) in [6.45, 7) is 0. The van der Waals surface area contributed by atoms with Crippen molar-refractivity contribution in [3.63, 3.8) is 0 Å². The van der Waals surface area contributed by atoms with Gasteiger partial charge < -0.3 is 14.6 Å². The number of nitrogens with zero attached hydrogens (tertiary/aromatic N) is 1. The van der Waals surface area contributed by atoms with E-state index in [1.54, 1.807) is 0 Å². The van der Waals surface area contributed by atoms with Gasteiger partial charge in [0.05, 0.1) is 5.69 Å². The van der Waals surface area contributed by atoms with E-state index >= 15 is 0 Å². The van der Waals surface area contributed by atoms with Crippen molar-refractivity contribution in [1.82, 2.24) is 4.90 Å². The fourth-order valence-electron chi connectivity index (χ4n) is 5.41. The van der Waals surface area contributed by atoms with E-state index in [1.165, 1.54) is 0 Å². The lowest BCUT2D eigenvalue weighted by molar-refractivity contribution is -0.137. The summed E-state index contributed by atoms with van der Waals surface area (Å²) < 4.78 is 11.6. The van der Waals surface area contributed by atoms with Gasteiger partial charge in [-0.2, -0.15) is 0 Å². The Morgan fingerprint density at radius 2 is 1.82 bits per heavy atom. The summed E-state index contributed by atoms with van der Waals surface area (Å²) in [5, 5.41) is 11.8. The number of ether oxygens (including phenoxy) is 2. The maximum atomic E-state index is 12.9. The SMILES string of the molecule is CN1C2CC(OC(=O)Nc3cc(CCCCC(=O)O)ccc3-c3ccccc3)CC1C1OC12. The number of amides is 1. The number of benzene rings is 2. The second-order valence-electron chi connectivity index (χ2n) is 9.34. The van der Waals surface area contributed by atoms with E-state index in [1.807, 2.05) is 48.5 Å². The predicted molar refractivity (Wildman–Crippen MR) is 124 cm³/mol. The monoisotopic (exact) mass is 450 g/mol. The molecule has 4 atom stereocenters. The second kappa shape index (κ2) is 9.15. The molecule has 0 saturated carbocycles. The fourth-order valence-corrected chi connectivity index (χ4v) is 5.41. The summed E-state index contributed by atoms with van der Waals surface area (Å²) in [4.78, 5) is 26.0. The summed E-state index contributed by atoms with van der Waals surface area (Å²) in [5.74, 6) is -0.772. The Kier molecular flexibility index (Phi) is 6.08. The third kappa shape index (κ3) is 4.75. The molecule has 3 aliphatic rings. The molecule has 5 rings (SSSR count). The molecule has 1 amide bonds. The Bertz CT molecular complexity index is 1010. The van der Waals surface area contributed by atoms with Crippen LogP contribution in [0, 0.1) is 0 Å². The minimum atomic E-state index is -0.772. The number of epoxide rings is 1. The smallest absolute Gasteiger partial charge is 0.411 e. The van der Waals surface area contributed by atoms with Crippen molar-refractivity contribution in [2.75, 3.05) is 12.4 Å². The minimum Gasteiger partial charge on any atom is -0.481 e. The van der Waals surface area contributed by atoms with E-state index in [0.29, 0.717) is 36.4 Å². The first-order valence-corrected chi connectivity index (χ1v) is 11.7. The van der Waals surface area contributed by atoms with Gasteiger partial charge in [-0.15, -0.1) is 0 Å². The zero-order valence-corrected chi connectivity index (χ0v) is 18.8. The van der Waals surface area contributed by atoms with Gasteiger partial charge in [-0.05, 0) is 43.5 Å². The molecule has 0 spiro atoms. The molecule has 2 aromatic carbocycles. The molecule has 3 aliphatic heterocycles. The Labute approximate surface area is 193 Å². The van der Waals surface area contributed by atoms with Crippen LogP contribution < -0.4 is 5.32 Å². The number of likely N-dealkylation sites (N-methyl/N-ethyl adjacent to an activating group) is 1. The number of anilines is 1. The molecule has 4 unspecified atom stereocenters. The number of hydrogen-bond donors (Lipinski definition) is 2. The van der Waals surface area contributed by atoms with E-state index in [-0.39, 0.29) is 12.5 Å². The number of piperidine rings is 1. The van der Waals surface area contributed by atoms with Crippen molar-refractivity contribution in [3.05, 3.63) is 54.1 Å². The number of morpholine rings is 1. The van der Waals surface area contributed by atoms with Crippen molar-refractivity contribution in [3.8, 4) is 11.1 Å². The Morgan fingerprint density at radius 3 is 2.52 bits per heavy atom. The highest BCUT2D eigenvalue weighted by Gasteiger charge is 2.62. The Morgan fingerprint density at radius 1 is 1.09 bits per heavy atom. The number of fused-ring (bicyclic) bond motifs is 5. The van der Waals surface area contributed by atoms with Gasteiger partial charge in [0.1, 0.15) is 18.3 Å². The first-order valence-electron chi connectivity index (χ1n) is 11.7. The van der Waals surface area contributed by atoms with Crippen molar-refractivity contribution in [2.45, 2.75) is 68.9 Å². The Hall–Kier alpha value is -2.90. The van der Waals surface area contributed by atoms with Gasteiger partial charge in [-0.1, -0.05) is 42.5 Å². The van der Waals surface area contributed by atoms with Crippen LogP contribution in [0.2, 0.25) is 0 Å². The summed E-state index contributed by atoms with van der Waals surface area (Å²) in [6, 6.07) is 16.6. The first kappa shape index (κ1) is 21.9. The molecule has 7 nitrogen and oxygen atoms in total. The summed E-state index contributed by atoms with van der Waals surface area (Å²) in [7, 11) is 2.13. The number of aryl methyl sites for hydroxylation is 1. The van der Waals surface area contributed by atoms with Crippen LogP contribution in [0.5, 0.6) is 0 Å². The zero-order valence-electron chi connectivity index (χ0n) is 18.8. The van der Waals surface area contributed by atoms with Crippen LogP contribution in [0.4, 0.5) is 10.5 Å². The lowest BCUT2D eigenvalue weighted by Crippen LogP contribution is -2.48. The Balaban J connectivity index is 1.27. The summed E-state index contributed by atoms with van der Waals surface area (Å²) in [5.41, 5.74) is 3.72. The largest absolute Gasteiger partial charge is 0.481 e. The first-order chi connectivity index (χ1) is 16.0. The molecule has 2 N–H and O–H groups in total. The quantitative estimate of drug-likeness (QED) is 0.460. The number of carbonyl (C=O) groups excluding carboxylic acids is 1. The van der Waals surface area contributed by atoms with Gasteiger partial charge in [0.15, 0.2) is 0 Å². The standard InChI is InChI=1S/C26H30N2O5/c1-28-21-14-18(15-22(28)25-24(21)33-25)32-26(31)27-20-13-16(7-5-6-10-23(29)30)11-12-19(20)17-8-3-2-4-9-17/h2-4,8-9,11-13,18,21-22,24-25H,5-7,10,14-15H2,1H3,(H,27,31)(H,29,30). The number of nitrogens with one attached hydrogen (secondary N) is 1.